The van der Waals surface area contributed by atoms with Crippen LogP contribution in [0.2, 0.25) is 0 Å². The molecule has 0 N–H and O–H groups in total. The van der Waals surface area contributed by atoms with Gasteiger partial charge in [-0.2, -0.15) is 0 Å². The van der Waals surface area contributed by atoms with Gasteiger partial charge in [0.25, 0.3) is 5.91 Å². The van der Waals surface area contributed by atoms with Crippen LogP contribution in [0.5, 0.6) is 11.5 Å². The van der Waals surface area contributed by atoms with E-state index in [1.54, 1.807) is 9.80 Å². The number of carbonyl (C=O) groups is 2. The van der Waals surface area contributed by atoms with Crippen molar-refractivity contribution in [2.75, 3.05) is 32.8 Å². The summed E-state index contributed by atoms with van der Waals surface area (Å²) in [4.78, 5) is 36.9. The number of benzene rings is 4. The Bertz CT molecular complexity index is 2540. The summed E-state index contributed by atoms with van der Waals surface area (Å²) in [5.74, 6) is 1.45. The summed E-state index contributed by atoms with van der Waals surface area (Å²) < 4.78 is 46.8. The summed E-state index contributed by atoms with van der Waals surface area (Å²) in [5, 5.41) is 2.24. The zero-order valence-corrected chi connectivity index (χ0v) is 35.2. The van der Waals surface area contributed by atoms with Crippen LogP contribution in [0.1, 0.15) is 49.7 Å². The highest BCUT2D eigenvalue weighted by molar-refractivity contribution is 5.89. The molecule has 3 saturated heterocycles. The van der Waals surface area contributed by atoms with Gasteiger partial charge in [-0.1, -0.05) is 60.7 Å². The number of aryl methyl sites for hydroxylation is 2. The van der Waals surface area contributed by atoms with Crippen LogP contribution in [0.3, 0.4) is 0 Å². The van der Waals surface area contributed by atoms with E-state index in [1.807, 2.05) is 73.1 Å². The summed E-state index contributed by atoms with van der Waals surface area (Å²) in [6.07, 6.45) is 4.29. The number of fused-ring (bicyclic) bond motifs is 2. The standard InChI is InChI=1S/C26H27FN2O3.C25H25FN2O2/c1-17-21(11-8-19-4-2-13-28-25(17)19)18-6-9-20(10-7-18)32-23-12-14-29(16-22(23)27)26(30)24-5-3-15-31-24;1-16-21(11-8-18-3-2-13-27-24(16)18)17-6-9-20(10-7-17)30-23-12-14-28(15-22(23)26)25(29)19-4-5-19/h2,4,6-11,13,22-24H,3,5,12,14-16H2,1H3;2-3,6-11,13,19,22-23H,4-5,12,14-15H2,1H3. The van der Waals surface area contributed by atoms with Crippen LogP contribution in [0.4, 0.5) is 8.78 Å². The molecule has 5 heterocycles. The van der Waals surface area contributed by atoms with Gasteiger partial charge in [-0.3, -0.25) is 19.6 Å². The van der Waals surface area contributed by atoms with E-state index in [-0.39, 0.29) is 30.8 Å². The van der Waals surface area contributed by atoms with Crippen LogP contribution >= 0.6 is 0 Å². The number of aromatic nitrogens is 2. The smallest absolute Gasteiger partial charge is 0.251 e. The van der Waals surface area contributed by atoms with E-state index in [9.17, 15) is 18.4 Å². The molecule has 0 spiro atoms. The van der Waals surface area contributed by atoms with Gasteiger partial charge in [0, 0.05) is 61.6 Å². The highest BCUT2D eigenvalue weighted by Crippen LogP contribution is 2.35. The maximum Gasteiger partial charge on any atom is 0.251 e. The molecule has 9 nitrogen and oxygen atoms in total. The van der Waals surface area contributed by atoms with E-state index >= 15 is 0 Å². The van der Waals surface area contributed by atoms with E-state index in [0.717, 1.165) is 80.9 Å². The number of piperidine rings is 2. The monoisotopic (exact) mass is 838 g/mol. The second kappa shape index (κ2) is 18.2. The molecule has 1 aliphatic carbocycles. The molecular formula is C51H52F2N4O5. The zero-order chi connectivity index (χ0) is 42.7. The fraction of sp³-hybridized carbons (Fsp3) is 0.373. The number of carbonyl (C=O) groups excluding carboxylic acids is 2. The third kappa shape index (κ3) is 9.00. The molecule has 5 atom stereocenters. The molecule has 1 saturated carbocycles. The normalized spacial score (nSPS) is 22.5. The summed E-state index contributed by atoms with van der Waals surface area (Å²) >= 11 is 0. The van der Waals surface area contributed by atoms with E-state index < -0.39 is 30.7 Å². The number of rotatable bonds is 8. The molecular weight excluding hydrogens is 787 g/mol. The van der Waals surface area contributed by atoms with Crippen molar-refractivity contribution in [1.29, 1.82) is 0 Å². The lowest BCUT2D eigenvalue weighted by Crippen LogP contribution is -2.51. The first-order valence-electron chi connectivity index (χ1n) is 21.9. The molecule has 0 radical (unpaired) electrons. The number of ether oxygens (including phenoxy) is 3. The van der Waals surface area contributed by atoms with E-state index in [0.29, 0.717) is 44.0 Å². The van der Waals surface area contributed by atoms with Gasteiger partial charge in [0.2, 0.25) is 5.91 Å². The minimum absolute atomic E-state index is 0.0602. The number of hydrogen-bond donors (Lipinski definition) is 0. The van der Waals surface area contributed by atoms with Crippen molar-refractivity contribution < 1.29 is 32.6 Å². The van der Waals surface area contributed by atoms with Crippen molar-refractivity contribution >= 4 is 33.6 Å². The average molecular weight is 839 g/mol. The summed E-state index contributed by atoms with van der Waals surface area (Å²) in [6, 6.07) is 31.9. The number of amides is 2. The Balaban J connectivity index is 0.000000158. The van der Waals surface area contributed by atoms with E-state index in [4.69, 9.17) is 14.2 Å². The molecule has 3 aliphatic heterocycles. The van der Waals surface area contributed by atoms with Crippen molar-refractivity contribution in [3.05, 3.63) is 121 Å². The van der Waals surface area contributed by atoms with Gasteiger partial charge in [0.15, 0.2) is 12.3 Å². The Kier molecular flexibility index (Phi) is 12.1. The third-order valence-electron chi connectivity index (χ3n) is 12.7. The van der Waals surface area contributed by atoms with Crippen molar-refractivity contribution in [2.24, 2.45) is 5.92 Å². The van der Waals surface area contributed by atoms with E-state index in [2.05, 4.69) is 60.2 Å². The molecule has 10 rings (SSSR count). The van der Waals surface area contributed by atoms with Gasteiger partial charge in [-0.25, -0.2) is 8.78 Å². The van der Waals surface area contributed by atoms with Gasteiger partial charge >= 0.3 is 0 Å². The van der Waals surface area contributed by atoms with Crippen molar-refractivity contribution in [3.8, 4) is 33.8 Å². The second-order valence-corrected chi connectivity index (χ2v) is 16.9. The molecule has 320 valence electrons. The van der Waals surface area contributed by atoms with Gasteiger partial charge in [0.1, 0.15) is 29.8 Å². The molecule has 4 fully saturated rings. The Labute approximate surface area is 361 Å². The maximum atomic E-state index is 14.8. The van der Waals surface area contributed by atoms with Crippen LogP contribution in [0.25, 0.3) is 44.1 Å². The molecule has 2 aromatic heterocycles. The molecule has 4 aliphatic rings. The minimum Gasteiger partial charge on any atom is -0.487 e. The topological polar surface area (TPSA) is 94.1 Å². The van der Waals surface area contributed by atoms with Crippen LogP contribution < -0.4 is 9.47 Å². The second-order valence-electron chi connectivity index (χ2n) is 16.9. The third-order valence-corrected chi connectivity index (χ3v) is 12.7. The predicted octanol–water partition coefficient (Wildman–Crippen LogP) is 9.65. The number of alkyl halides is 2. The molecule has 4 aromatic carbocycles. The summed E-state index contributed by atoms with van der Waals surface area (Å²) in [5.41, 5.74) is 8.65. The van der Waals surface area contributed by atoms with Crippen molar-refractivity contribution in [3.63, 3.8) is 0 Å². The van der Waals surface area contributed by atoms with Crippen molar-refractivity contribution in [1.82, 2.24) is 19.8 Å². The highest BCUT2D eigenvalue weighted by Gasteiger charge is 2.39. The van der Waals surface area contributed by atoms with Gasteiger partial charge in [0.05, 0.1) is 24.1 Å². The van der Waals surface area contributed by atoms with Gasteiger partial charge < -0.3 is 24.0 Å². The lowest BCUT2D eigenvalue weighted by Gasteiger charge is -2.35. The molecule has 2 amide bonds. The first-order chi connectivity index (χ1) is 30.2. The van der Waals surface area contributed by atoms with Crippen LogP contribution in [0, 0.1) is 19.8 Å². The fourth-order valence-corrected chi connectivity index (χ4v) is 8.98. The predicted molar refractivity (Wildman–Crippen MR) is 237 cm³/mol. The molecule has 11 heteroatoms. The lowest BCUT2D eigenvalue weighted by molar-refractivity contribution is -0.144. The number of pyridine rings is 2. The number of halogens is 2. The number of hydrogen-bond acceptors (Lipinski definition) is 7. The number of nitrogens with zero attached hydrogens (tertiary/aromatic N) is 4. The summed E-state index contributed by atoms with van der Waals surface area (Å²) in [7, 11) is 0. The lowest BCUT2D eigenvalue weighted by atomic mass is 9.98. The largest absolute Gasteiger partial charge is 0.487 e. The Morgan fingerprint density at radius 2 is 1.10 bits per heavy atom. The number of likely N-dealkylation sites (tertiary alicyclic amines) is 2. The SMILES string of the molecule is Cc1c(-c2ccc(OC3CCN(C(=O)C4CC4)CC3F)cc2)ccc2cccnc12.Cc1c(-c2ccc(OC3CCN(C(=O)C4CCCO4)CC3F)cc2)ccc2cccnc12. The zero-order valence-electron chi connectivity index (χ0n) is 35.2. The quantitative estimate of drug-likeness (QED) is 0.151. The van der Waals surface area contributed by atoms with Crippen LogP contribution in [-0.4, -0.2) is 95.0 Å². The first kappa shape index (κ1) is 41.4. The summed E-state index contributed by atoms with van der Waals surface area (Å²) in [6.45, 7) is 6.03. The molecule has 0 bridgehead atoms. The molecule has 62 heavy (non-hydrogen) atoms. The van der Waals surface area contributed by atoms with Gasteiger partial charge in [-0.05, 0) is 109 Å². The van der Waals surface area contributed by atoms with E-state index in [1.165, 1.54) is 0 Å². The minimum atomic E-state index is -1.22. The van der Waals surface area contributed by atoms with Crippen molar-refractivity contribution in [2.45, 2.75) is 83.0 Å². The molecule has 6 aromatic rings. The maximum absolute atomic E-state index is 14.8. The van der Waals surface area contributed by atoms with Crippen LogP contribution in [0.15, 0.2) is 109 Å². The highest BCUT2D eigenvalue weighted by atomic mass is 19.1. The fourth-order valence-electron chi connectivity index (χ4n) is 8.98. The molecule has 5 unspecified atom stereocenters. The average Bonchev–Trinajstić information content (AvgIpc) is 4.01. The first-order valence-corrected chi connectivity index (χ1v) is 21.9. The Morgan fingerprint density at radius 1 is 0.613 bits per heavy atom. The Morgan fingerprint density at radius 3 is 1.53 bits per heavy atom. The van der Waals surface area contributed by atoms with Crippen LogP contribution in [-0.2, 0) is 14.3 Å². The Hall–Kier alpha value is -5.94. The van der Waals surface area contributed by atoms with Gasteiger partial charge in [-0.15, -0.1) is 0 Å².